The molecule has 2 N–H and O–H groups in total. The van der Waals surface area contributed by atoms with Crippen LogP contribution in [0.25, 0.3) is 0 Å². The van der Waals surface area contributed by atoms with E-state index in [1.165, 1.54) is 12.1 Å². The lowest BCUT2D eigenvalue weighted by Crippen LogP contribution is -2.21. The Balaban J connectivity index is 0.00000264. The minimum Gasteiger partial charge on any atom is -0.383 e. The summed E-state index contributed by atoms with van der Waals surface area (Å²) in [5, 5.41) is 18.1. The van der Waals surface area contributed by atoms with E-state index in [9.17, 15) is 10.1 Å². The van der Waals surface area contributed by atoms with Crippen molar-refractivity contribution in [2.24, 2.45) is 0 Å². The van der Waals surface area contributed by atoms with E-state index >= 15 is 0 Å². The molecular weight excluding hydrogens is 361 g/mol. The average molecular weight is 377 g/mol. The van der Waals surface area contributed by atoms with Gasteiger partial charge in [-0.05, 0) is 23.8 Å². The number of anilines is 1. The molecule has 124 valence electrons. The number of hydrogen-bond donors (Lipinski definition) is 2. The lowest BCUT2D eigenvalue weighted by Gasteiger charge is -2.09. The van der Waals surface area contributed by atoms with Crippen molar-refractivity contribution in [3.8, 4) is 0 Å². The summed E-state index contributed by atoms with van der Waals surface area (Å²) >= 11 is 11.8. The van der Waals surface area contributed by atoms with Crippen LogP contribution in [0.3, 0.4) is 0 Å². The van der Waals surface area contributed by atoms with Gasteiger partial charge >= 0.3 is 0 Å². The highest BCUT2D eigenvalue weighted by atomic mass is 35.5. The van der Waals surface area contributed by atoms with E-state index in [1.54, 1.807) is 6.07 Å². The van der Waals surface area contributed by atoms with Crippen LogP contribution in [0.5, 0.6) is 0 Å². The Morgan fingerprint density at radius 1 is 1.04 bits per heavy atom. The van der Waals surface area contributed by atoms with Crippen LogP contribution in [0, 0.1) is 10.1 Å². The first kappa shape index (κ1) is 19.5. The highest BCUT2D eigenvalue weighted by Crippen LogP contribution is 2.26. The first-order valence-corrected chi connectivity index (χ1v) is 7.45. The Labute approximate surface area is 150 Å². The van der Waals surface area contributed by atoms with Gasteiger partial charge in [0.05, 0.1) is 15.6 Å². The van der Waals surface area contributed by atoms with E-state index in [0.29, 0.717) is 17.3 Å². The zero-order valence-corrected chi connectivity index (χ0v) is 14.4. The fourth-order valence-corrected chi connectivity index (χ4v) is 2.25. The standard InChI is InChI=1S/C15H15Cl2N3O2.ClH/c16-12-3-1-11(2-4-12)10-18-7-8-19-15-6-5-13(20(21)22)9-14(15)17;/h1-6,9,18-19H,7-8,10H2;1H. The van der Waals surface area contributed by atoms with Crippen molar-refractivity contribution < 1.29 is 4.92 Å². The number of nitrogens with one attached hydrogen (secondary N) is 2. The van der Waals surface area contributed by atoms with Crippen LogP contribution in [-0.4, -0.2) is 18.0 Å². The van der Waals surface area contributed by atoms with E-state index < -0.39 is 4.92 Å². The van der Waals surface area contributed by atoms with E-state index in [1.807, 2.05) is 24.3 Å². The van der Waals surface area contributed by atoms with Crippen molar-refractivity contribution in [2.45, 2.75) is 6.54 Å². The molecule has 0 unspecified atom stereocenters. The minimum absolute atomic E-state index is 0. The van der Waals surface area contributed by atoms with Gasteiger partial charge in [0.2, 0.25) is 0 Å². The number of nitro groups is 1. The van der Waals surface area contributed by atoms with E-state index in [-0.39, 0.29) is 18.1 Å². The van der Waals surface area contributed by atoms with E-state index in [2.05, 4.69) is 10.6 Å². The molecule has 0 radical (unpaired) electrons. The van der Waals surface area contributed by atoms with Gasteiger partial charge in [-0.3, -0.25) is 10.1 Å². The second-order valence-corrected chi connectivity index (χ2v) is 5.49. The molecule has 0 aliphatic carbocycles. The molecule has 0 fully saturated rings. The summed E-state index contributed by atoms with van der Waals surface area (Å²) in [6, 6.07) is 12.0. The summed E-state index contributed by atoms with van der Waals surface area (Å²) < 4.78 is 0. The van der Waals surface area contributed by atoms with Crippen LogP contribution in [0.4, 0.5) is 11.4 Å². The predicted octanol–water partition coefficient (Wildman–Crippen LogP) is 4.53. The highest BCUT2D eigenvalue weighted by Gasteiger charge is 2.08. The Morgan fingerprint density at radius 3 is 2.35 bits per heavy atom. The molecule has 2 aromatic rings. The van der Waals surface area contributed by atoms with Gasteiger partial charge in [-0.1, -0.05) is 35.3 Å². The number of halogens is 3. The van der Waals surface area contributed by atoms with Gasteiger partial charge in [-0.2, -0.15) is 0 Å². The summed E-state index contributed by atoms with van der Waals surface area (Å²) in [6.45, 7) is 2.13. The Hall–Kier alpha value is -1.53. The van der Waals surface area contributed by atoms with Crippen LogP contribution >= 0.6 is 35.6 Å². The van der Waals surface area contributed by atoms with Crippen molar-refractivity contribution in [1.82, 2.24) is 5.32 Å². The normalized spacial score (nSPS) is 10.0. The molecule has 0 aliphatic rings. The van der Waals surface area contributed by atoms with E-state index in [0.717, 1.165) is 23.7 Å². The second-order valence-electron chi connectivity index (χ2n) is 4.65. The first-order chi connectivity index (χ1) is 10.6. The van der Waals surface area contributed by atoms with Crippen molar-refractivity contribution >= 4 is 47.0 Å². The van der Waals surface area contributed by atoms with Gasteiger partial charge in [0.15, 0.2) is 0 Å². The molecule has 0 atom stereocenters. The zero-order chi connectivity index (χ0) is 15.9. The Bertz CT molecular complexity index is 651. The smallest absolute Gasteiger partial charge is 0.271 e. The molecular formula is C15H16Cl3N3O2. The highest BCUT2D eigenvalue weighted by molar-refractivity contribution is 6.33. The summed E-state index contributed by atoms with van der Waals surface area (Å²) in [5.74, 6) is 0. The van der Waals surface area contributed by atoms with Gasteiger partial charge in [-0.15, -0.1) is 12.4 Å². The third-order valence-corrected chi connectivity index (χ3v) is 3.59. The average Bonchev–Trinajstić information content (AvgIpc) is 2.50. The Kier molecular flexibility index (Phi) is 8.12. The molecule has 0 saturated heterocycles. The summed E-state index contributed by atoms with van der Waals surface area (Å²) in [7, 11) is 0. The summed E-state index contributed by atoms with van der Waals surface area (Å²) in [4.78, 5) is 10.2. The maximum Gasteiger partial charge on any atom is 0.271 e. The quantitative estimate of drug-likeness (QED) is 0.423. The topological polar surface area (TPSA) is 67.2 Å². The molecule has 5 nitrogen and oxygen atoms in total. The fraction of sp³-hybridized carbons (Fsp3) is 0.200. The molecule has 0 aliphatic heterocycles. The molecule has 2 aromatic carbocycles. The van der Waals surface area contributed by atoms with Crippen LogP contribution in [0.15, 0.2) is 42.5 Å². The zero-order valence-electron chi connectivity index (χ0n) is 12.1. The lowest BCUT2D eigenvalue weighted by molar-refractivity contribution is -0.384. The third-order valence-electron chi connectivity index (χ3n) is 3.02. The fourth-order valence-electron chi connectivity index (χ4n) is 1.88. The molecule has 0 aromatic heterocycles. The van der Waals surface area contributed by atoms with Gasteiger partial charge in [-0.25, -0.2) is 0 Å². The molecule has 0 heterocycles. The number of benzene rings is 2. The summed E-state index contributed by atoms with van der Waals surface area (Å²) in [5.41, 5.74) is 1.81. The van der Waals surface area contributed by atoms with Crippen LogP contribution in [-0.2, 0) is 6.54 Å². The molecule has 0 amide bonds. The van der Waals surface area contributed by atoms with Crippen LogP contribution in [0.1, 0.15) is 5.56 Å². The van der Waals surface area contributed by atoms with Gasteiger partial charge in [0.1, 0.15) is 0 Å². The molecule has 8 heteroatoms. The number of rotatable bonds is 7. The number of nitrogens with zero attached hydrogens (tertiary/aromatic N) is 1. The van der Waals surface area contributed by atoms with E-state index in [4.69, 9.17) is 23.2 Å². The first-order valence-electron chi connectivity index (χ1n) is 6.69. The SMILES string of the molecule is Cl.O=[N+]([O-])c1ccc(NCCNCc2ccc(Cl)cc2)c(Cl)c1. The minimum atomic E-state index is -0.469. The maximum absolute atomic E-state index is 10.6. The molecule has 0 spiro atoms. The van der Waals surface area contributed by atoms with Crippen molar-refractivity contribution in [2.75, 3.05) is 18.4 Å². The predicted molar refractivity (Wildman–Crippen MR) is 97.0 cm³/mol. The largest absolute Gasteiger partial charge is 0.383 e. The van der Waals surface area contributed by atoms with Crippen LogP contribution in [0.2, 0.25) is 10.0 Å². The van der Waals surface area contributed by atoms with Crippen molar-refractivity contribution in [3.63, 3.8) is 0 Å². The molecule has 0 saturated carbocycles. The molecule has 0 bridgehead atoms. The molecule has 23 heavy (non-hydrogen) atoms. The maximum atomic E-state index is 10.6. The third kappa shape index (κ3) is 6.23. The number of hydrogen-bond acceptors (Lipinski definition) is 4. The van der Waals surface area contributed by atoms with Gasteiger partial charge in [0, 0.05) is 36.8 Å². The molecule has 2 rings (SSSR count). The van der Waals surface area contributed by atoms with Gasteiger partial charge in [0.25, 0.3) is 5.69 Å². The Morgan fingerprint density at radius 2 is 1.74 bits per heavy atom. The van der Waals surface area contributed by atoms with Crippen LogP contribution < -0.4 is 10.6 Å². The number of non-ortho nitro benzene ring substituents is 1. The van der Waals surface area contributed by atoms with Gasteiger partial charge < -0.3 is 10.6 Å². The van der Waals surface area contributed by atoms with Crippen molar-refractivity contribution in [3.05, 3.63) is 68.2 Å². The van der Waals surface area contributed by atoms with Crippen molar-refractivity contribution in [1.29, 1.82) is 0 Å². The summed E-state index contributed by atoms with van der Waals surface area (Å²) in [6.07, 6.45) is 0. The lowest BCUT2D eigenvalue weighted by atomic mass is 10.2. The second kappa shape index (κ2) is 9.57. The monoisotopic (exact) mass is 375 g/mol. The number of nitro benzene ring substituents is 1.